The van der Waals surface area contributed by atoms with Crippen molar-refractivity contribution in [2.45, 2.75) is 39.5 Å². The van der Waals surface area contributed by atoms with Crippen molar-refractivity contribution in [3.05, 3.63) is 60.7 Å². The van der Waals surface area contributed by atoms with Gasteiger partial charge in [0.05, 0.1) is 11.4 Å². The Labute approximate surface area is 189 Å². The summed E-state index contributed by atoms with van der Waals surface area (Å²) in [5, 5.41) is 3.06. The summed E-state index contributed by atoms with van der Waals surface area (Å²) in [7, 11) is 0. The average molecular weight is 431 g/mol. The quantitative estimate of drug-likeness (QED) is 0.453. The summed E-state index contributed by atoms with van der Waals surface area (Å²) in [5.74, 6) is 1.70. The van der Waals surface area contributed by atoms with Crippen LogP contribution in [0.1, 0.15) is 39.5 Å². The van der Waals surface area contributed by atoms with E-state index in [9.17, 15) is 4.79 Å². The number of carbonyl (C=O) groups excluding carboxylic acids is 1. The lowest BCUT2D eigenvalue weighted by Gasteiger charge is -2.18. The minimum absolute atomic E-state index is 0.0685. The van der Waals surface area contributed by atoms with Crippen LogP contribution in [0.15, 0.2) is 60.7 Å². The van der Waals surface area contributed by atoms with Crippen LogP contribution in [0.5, 0.6) is 11.5 Å². The van der Waals surface area contributed by atoms with Crippen LogP contribution in [-0.2, 0) is 4.79 Å². The summed E-state index contributed by atoms with van der Waals surface area (Å²) in [5.41, 5.74) is 4.55. The number of hydrogen-bond acceptors (Lipinski definition) is 4. The maximum atomic E-state index is 12.6. The number of hydrogen-bond donors (Lipinski definition) is 1. The molecule has 0 fully saturated rings. The molecule has 1 aromatic heterocycles. The molecule has 1 atom stereocenters. The Morgan fingerprint density at radius 2 is 1.62 bits per heavy atom. The SMILES string of the molecule is CCCC[C@@H](CC)C(=O)Nc1ccc(-c2cccc(-c3ccc4c(c3)OCCO4)n2)cc1. The van der Waals surface area contributed by atoms with Crippen molar-refractivity contribution in [1.29, 1.82) is 0 Å². The first kappa shape index (κ1) is 21.9. The number of nitrogens with one attached hydrogen (secondary N) is 1. The number of nitrogens with zero attached hydrogens (tertiary/aromatic N) is 1. The molecule has 0 saturated heterocycles. The second-order valence-corrected chi connectivity index (χ2v) is 8.08. The number of carbonyl (C=O) groups is 1. The second-order valence-electron chi connectivity index (χ2n) is 8.08. The molecule has 0 bridgehead atoms. The van der Waals surface area contributed by atoms with Crippen LogP contribution < -0.4 is 14.8 Å². The first-order valence-electron chi connectivity index (χ1n) is 11.5. The highest BCUT2D eigenvalue weighted by Gasteiger charge is 2.16. The lowest BCUT2D eigenvalue weighted by molar-refractivity contribution is -0.120. The van der Waals surface area contributed by atoms with Gasteiger partial charge in [-0.1, -0.05) is 44.9 Å². The van der Waals surface area contributed by atoms with Crippen molar-refractivity contribution >= 4 is 11.6 Å². The number of aromatic nitrogens is 1. The van der Waals surface area contributed by atoms with Crippen LogP contribution in [0.25, 0.3) is 22.5 Å². The van der Waals surface area contributed by atoms with Crippen LogP contribution in [0.4, 0.5) is 5.69 Å². The minimum atomic E-state index is 0.0685. The maximum absolute atomic E-state index is 12.6. The monoisotopic (exact) mass is 430 g/mol. The van der Waals surface area contributed by atoms with Gasteiger partial charge in [-0.2, -0.15) is 0 Å². The van der Waals surface area contributed by atoms with E-state index in [0.29, 0.717) is 13.2 Å². The third-order valence-corrected chi connectivity index (χ3v) is 5.80. The zero-order valence-corrected chi connectivity index (χ0v) is 18.8. The molecule has 0 radical (unpaired) electrons. The van der Waals surface area contributed by atoms with Crippen molar-refractivity contribution in [2.75, 3.05) is 18.5 Å². The van der Waals surface area contributed by atoms with E-state index in [4.69, 9.17) is 14.5 Å². The van der Waals surface area contributed by atoms with E-state index in [1.165, 1.54) is 0 Å². The van der Waals surface area contributed by atoms with Gasteiger partial charge >= 0.3 is 0 Å². The molecular weight excluding hydrogens is 400 g/mol. The number of fused-ring (bicyclic) bond motifs is 1. The van der Waals surface area contributed by atoms with Gasteiger partial charge in [-0.3, -0.25) is 4.79 Å². The number of unbranched alkanes of at least 4 members (excludes halogenated alkanes) is 1. The third kappa shape index (κ3) is 5.10. The molecule has 5 nitrogen and oxygen atoms in total. The van der Waals surface area contributed by atoms with E-state index >= 15 is 0 Å². The number of amides is 1. The lowest BCUT2D eigenvalue weighted by atomic mass is 9.98. The molecule has 2 aromatic carbocycles. The van der Waals surface area contributed by atoms with Crippen molar-refractivity contribution in [3.8, 4) is 34.0 Å². The molecule has 3 aromatic rings. The molecule has 1 N–H and O–H groups in total. The summed E-state index contributed by atoms with van der Waals surface area (Å²) in [4.78, 5) is 17.4. The highest BCUT2D eigenvalue weighted by Crippen LogP contribution is 2.34. The highest BCUT2D eigenvalue weighted by atomic mass is 16.6. The van der Waals surface area contributed by atoms with Gasteiger partial charge < -0.3 is 14.8 Å². The van der Waals surface area contributed by atoms with E-state index in [0.717, 1.165) is 65.4 Å². The molecule has 0 saturated carbocycles. The molecular formula is C27H30N2O3. The van der Waals surface area contributed by atoms with Gasteiger partial charge in [-0.15, -0.1) is 0 Å². The van der Waals surface area contributed by atoms with Gasteiger partial charge in [0, 0.05) is 22.7 Å². The fourth-order valence-electron chi connectivity index (χ4n) is 3.90. The normalized spacial score (nSPS) is 13.4. The largest absolute Gasteiger partial charge is 0.486 e. The van der Waals surface area contributed by atoms with E-state index in [1.807, 2.05) is 60.7 Å². The first-order valence-corrected chi connectivity index (χ1v) is 11.5. The molecule has 1 aliphatic heterocycles. The van der Waals surface area contributed by atoms with Crippen molar-refractivity contribution in [1.82, 2.24) is 4.98 Å². The van der Waals surface area contributed by atoms with Crippen LogP contribution >= 0.6 is 0 Å². The summed E-state index contributed by atoms with van der Waals surface area (Å²) in [6, 6.07) is 19.8. The van der Waals surface area contributed by atoms with E-state index in [2.05, 4.69) is 19.2 Å². The topological polar surface area (TPSA) is 60.5 Å². The standard InChI is InChI=1S/C27H30N2O3/c1-3-5-7-19(4-2)27(30)28-22-13-10-20(11-14-22)23-8-6-9-24(29-23)21-12-15-25-26(18-21)32-17-16-31-25/h6,8-15,18-19H,3-5,7,16-17H2,1-2H3,(H,28,30)/t19-/m1/s1. The molecule has 0 aliphatic carbocycles. The highest BCUT2D eigenvalue weighted by molar-refractivity contribution is 5.92. The number of benzene rings is 2. The van der Waals surface area contributed by atoms with Crippen LogP contribution in [-0.4, -0.2) is 24.1 Å². The summed E-state index contributed by atoms with van der Waals surface area (Å²) in [6.45, 7) is 5.36. The van der Waals surface area contributed by atoms with Gasteiger partial charge in [0.15, 0.2) is 11.5 Å². The third-order valence-electron chi connectivity index (χ3n) is 5.80. The zero-order valence-electron chi connectivity index (χ0n) is 18.8. The summed E-state index contributed by atoms with van der Waals surface area (Å²) < 4.78 is 11.3. The fraction of sp³-hybridized carbons (Fsp3) is 0.333. The smallest absolute Gasteiger partial charge is 0.227 e. The number of anilines is 1. The van der Waals surface area contributed by atoms with Gasteiger partial charge in [0.2, 0.25) is 5.91 Å². The summed E-state index contributed by atoms with van der Waals surface area (Å²) in [6.07, 6.45) is 3.99. The predicted octanol–water partition coefficient (Wildman–Crippen LogP) is 6.34. The molecule has 0 unspecified atom stereocenters. The molecule has 32 heavy (non-hydrogen) atoms. The van der Waals surface area contributed by atoms with Crippen molar-refractivity contribution < 1.29 is 14.3 Å². The van der Waals surface area contributed by atoms with E-state index in [-0.39, 0.29) is 11.8 Å². The average Bonchev–Trinajstić information content (AvgIpc) is 2.85. The van der Waals surface area contributed by atoms with Gasteiger partial charge in [0.1, 0.15) is 13.2 Å². The zero-order chi connectivity index (χ0) is 22.3. The number of rotatable bonds is 8. The Hall–Kier alpha value is -3.34. The van der Waals surface area contributed by atoms with Crippen LogP contribution in [0.2, 0.25) is 0 Å². The van der Waals surface area contributed by atoms with Crippen LogP contribution in [0.3, 0.4) is 0 Å². The Kier molecular flexibility index (Phi) is 7.05. The number of ether oxygens (including phenoxy) is 2. The second kappa shape index (κ2) is 10.3. The molecule has 1 amide bonds. The molecule has 5 heteroatoms. The fourth-order valence-corrected chi connectivity index (χ4v) is 3.90. The Morgan fingerprint density at radius 1 is 0.938 bits per heavy atom. The van der Waals surface area contributed by atoms with Gasteiger partial charge in [-0.05, 0) is 55.3 Å². The lowest BCUT2D eigenvalue weighted by Crippen LogP contribution is -2.22. The predicted molar refractivity (Wildman–Crippen MR) is 128 cm³/mol. The molecule has 1 aliphatic rings. The molecule has 0 spiro atoms. The summed E-state index contributed by atoms with van der Waals surface area (Å²) >= 11 is 0. The van der Waals surface area contributed by atoms with Gasteiger partial charge in [0.25, 0.3) is 0 Å². The Balaban J connectivity index is 1.48. The van der Waals surface area contributed by atoms with Gasteiger partial charge in [-0.25, -0.2) is 4.98 Å². The van der Waals surface area contributed by atoms with E-state index in [1.54, 1.807) is 0 Å². The minimum Gasteiger partial charge on any atom is -0.486 e. The van der Waals surface area contributed by atoms with Crippen LogP contribution in [0, 0.1) is 5.92 Å². The number of pyridine rings is 1. The van der Waals surface area contributed by atoms with E-state index < -0.39 is 0 Å². The Bertz CT molecular complexity index is 1060. The molecule has 2 heterocycles. The molecule has 166 valence electrons. The Morgan fingerprint density at radius 3 is 2.34 bits per heavy atom. The maximum Gasteiger partial charge on any atom is 0.227 e. The molecule has 4 rings (SSSR count). The van der Waals surface area contributed by atoms with Crippen molar-refractivity contribution in [3.63, 3.8) is 0 Å². The first-order chi connectivity index (χ1) is 15.7. The van der Waals surface area contributed by atoms with Crippen molar-refractivity contribution in [2.24, 2.45) is 5.92 Å².